The van der Waals surface area contributed by atoms with Crippen LogP contribution in [0, 0.1) is 6.92 Å². The summed E-state index contributed by atoms with van der Waals surface area (Å²) in [6.45, 7) is 2.42. The van der Waals surface area contributed by atoms with Crippen molar-refractivity contribution in [2.45, 2.75) is 38.3 Å². The summed E-state index contributed by atoms with van der Waals surface area (Å²) in [5, 5.41) is 2.63. The van der Waals surface area contributed by atoms with Crippen LogP contribution in [0.1, 0.15) is 24.8 Å². The van der Waals surface area contributed by atoms with Gasteiger partial charge in [-0.2, -0.15) is 0 Å². The summed E-state index contributed by atoms with van der Waals surface area (Å²) >= 11 is 0. The van der Waals surface area contributed by atoms with Crippen LogP contribution < -0.4 is 14.8 Å². The van der Waals surface area contributed by atoms with Gasteiger partial charge in [0, 0.05) is 12.8 Å². The van der Waals surface area contributed by atoms with Gasteiger partial charge >= 0.3 is 5.97 Å². The lowest BCUT2D eigenvalue weighted by Crippen LogP contribution is -2.46. The third kappa shape index (κ3) is 7.24. The maximum absolute atomic E-state index is 12.8. The van der Waals surface area contributed by atoms with E-state index >= 15 is 0 Å². The van der Waals surface area contributed by atoms with Gasteiger partial charge in [-0.3, -0.25) is 9.59 Å². The van der Waals surface area contributed by atoms with Gasteiger partial charge < -0.3 is 24.4 Å². The van der Waals surface area contributed by atoms with Crippen LogP contribution in [-0.2, 0) is 19.1 Å². The molecule has 1 heterocycles. The first-order valence-corrected chi connectivity index (χ1v) is 11.0. The molecule has 1 aliphatic rings. The molecule has 0 aromatic heterocycles. The number of likely N-dealkylation sites (tertiary alicyclic amines) is 1. The third-order valence-corrected chi connectivity index (χ3v) is 5.35. The van der Waals surface area contributed by atoms with Crippen LogP contribution in [-0.4, -0.2) is 61.6 Å². The van der Waals surface area contributed by atoms with Gasteiger partial charge in [-0.1, -0.05) is 30.3 Å². The van der Waals surface area contributed by atoms with Crippen molar-refractivity contribution in [3.05, 3.63) is 60.2 Å². The van der Waals surface area contributed by atoms with E-state index in [0.29, 0.717) is 25.2 Å². The Kier molecular flexibility index (Phi) is 8.69. The maximum atomic E-state index is 12.8. The fraction of sp³-hybridized carbons (Fsp3) is 0.400. The Morgan fingerprint density at radius 1 is 1.06 bits per heavy atom. The zero-order valence-electron chi connectivity index (χ0n) is 19.0. The molecule has 1 fully saturated rings. The largest absolute Gasteiger partial charge is 0.494 e. The smallest absolute Gasteiger partial charge is 0.328 e. The Morgan fingerprint density at radius 2 is 1.82 bits per heavy atom. The van der Waals surface area contributed by atoms with Crippen molar-refractivity contribution >= 4 is 17.8 Å². The highest BCUT2D eigenvalue weighted by molar-refractivity contribution is 5.89. The lowest BCUT2D eigenvalue weighted by molar-refractivity contribution is -0.150. The summed E-state index contributed by atoms with van der Waals surface area (Å²) in [7, 11) is 1.29. The zero-order chi connectivity index (χ0) is 23.6. The van der Waals surface area contributed by atoms with Crippen molar-refractivity contribution in [3.63, 3.8) is 0 Å². The molecule has 0 unspecified atom stereocenters. The first-order chi connectivity index (χ1) is 16.0. The van der Waals surface area contributed by atoms with Crippen LogP contribution in [0.5, 0.6) is 11.5 Å². The lowest BCUT2D eigenvalue weighted by atomic mass is 10.2. The summed E-state index contributed by atoms with van der Waals surface area (Å²) in [6.07, 6.45) is 0.748. The molecule has 0 saturated carbocycles. The van der Waals surface area contributed by atoms with Gasteiger partial charge in [0.25, 0.3) is 0 Å². The second-order valence-electron chi connectivity index (χ2n) is 7.92. The molecule has 33 heavy (non-hydrogen) atoms. The second kappa shape index (κ2) is 11.9. The summed E-state index contributed by atoms with van der Waals surface area (Å²) < 4.78 is 16.4. The SMILES string of the molecule is COC(=O)[C@@H]1C[C@@H](Oc2cccc(C)c2)CN1C(=O)CNC(=O)CCCOc1ccccc1. The molecule has 2 atom stereocenters. The minimum absolute atomic E-state index is 0.191. The molecule has 0 spiro atoms. The van der Waals surface area contributed by atoms with Gasteiger partial charge in [0.15, 0.2) is 0 Å². The Bertz CT molecular complexity index is 949. The van der Waals surface area contributed by atoms with E-state index in [1.807, 2.05) is 61.5 Å². The number of nitrogens with one attached hydrogen (secondary N) is 1. The number of carbonyl (C=O) groups excluding carboxylic acids is 3. The third-order valence-electron chi connectivity index (χ3n) is 5.35. The van der Waals surface area contributed by atoms with Crippen molar-refractivity contribution in [2.24, 2.45) is 0 Å². The van der Waals surface area contributed by atoms with E-state index in [1.54, 1.807) is 0 Å². The Labute approximate surface area is 193 Å². The number of methoxy groups -OCH3 is 1. The molecule has 2 aromatic rings. The number of para-hydroxylation sites is 1. The lowest BCUT2D eigenvalue weighted by Gasteiger charge is -2.22. The number of aryl methyl sites for hydroxylation is 1. The fourth-order valence-corrected chi connectivity index (χ4v) is 3.70. The summed E-state index contributed by atoms with van der Waals surface area (Å²) in [6, 6.07) is 16.2. The van der Waals surface area contributed by atoms with Crippen LogP contribution in [0.2, 0.25) is 0 Å². The van der Waals surface area contributed by atoms with Crippen molar-refractivity contribution in [2.75, 3.05) is 26.8 Å². The van der Waals surface area contributed by atoms with Crippen molar-refractivity contribution in [1.29, 1.82) is 0 Å². The number of rotatable bonds is 10. The number of amides is 2. The number of benzene rings is 2. The molecule has 8 nitrogen and oxygen atoms in total. The van der Waals surface area contributed by atoms with Gasteiger partial charge in [0.2, 0.25) is 11.8 Å². The molecular weight excluding hydrogens is 424 g/mol. The zero-order valence-corrected chi connectivity index (χ0v) is 19.0. The fourth-order valence-electron chi connectivity index (χ4n) is 3.70. The number of carbonyl (C=O) groups is 3. The van der Waals surface area contributed by atoms with E-state index < -0.39 is 12.0 Å². The molecule has 1 N–H and O–H groups in total. The van der Waals surface area contributed by atoms with Gasteiger partial charge in [0.1, 0.15) is 23.6 Å². The molecule has 1 aliphatic heterocycles. The monoisotopic (exact) mass is 454 g/mol. The number of esters is 1. The quantitative estimate of drug-likeness (QED) is 0.438. The first kappa shape index (κ1) is 24.1. The van der Waals surface area contributed by atoms with Crippen LogP contribution >= 0.6 is 0 Å². The highest BCUT2D eigenvalue weighted by atomic mass is 16.5. The normalized spacial score (nSPS) is 17.3. The van der Waals surface area contributed by atoms with E-state index in [-0.39, 0.29) is 37.4 Å². The molecule has 176 valence electrons. The number of ether oxygens (including phenoxy) is 3. The average molecular weight is 455 g/mol. The Hall–Kier alpha value is -3.55. The topological polar surface area (TPSA) is 94.2 Å². The molecule has 3 rings (SSSR count). The summed E-state index contributed by atoms with van der Waals surface area (Å²) in [5.74, 6) is 0.335. The van der Waals surface area contributed by atoms with Gasteiger partial charge in [-0.15, -0.1) is 0 Å². The van der Waals surface area contributed by atoms with Crippen LogP contribution in [0.4, 0.5) is 0 Å². The molecule has 2 amide bonds. The van der Waals surface area contributed by atoms with Gasteiger partial charge in [-0.05, 0) is 43.2 Å². The highest BCUT2D eigenvalue weighted by Gasteiger charge is 2.41. The van der Waals surface area contributed by atoms with E-state index in [4.69, 9.17) is 14.2 Å². The highest BCUT2D eigenvalue weighted by Crippen LogP contribution is 2.24. The van der Waals surface area contributed by atoms with Crippen LogP contribution in [0.3, 0.4) is 0 Å². The predicted octanol–water partition coefficient (Wildman–Crippen LogP) is 2.49. The number of hydrogen-bond donors (Lipinski definition) is 1. The van der Waals surface area contributed by atoms with Crippen molar-refractivity contribution in [3.8, 4) is 11.5 Å². The summed E-state index contributed by atoms with van der Waals surface area (Å²) in [4.78, 5) is 38.6. The number of hydrogen-bond acceptors (Lipinski definition) is 6. The molecule has 0 bridgehead atoms. The van der Waals surface area contributed by atoms with E-state index in [1.165, 1.54) is 12.0 Å². The van der Waals surface area contributed by atoms with Gasteiger partial charge in [-0.25, -0.2) is 4.79 Å². The molecule has 0 radical (unpaired) electrons. The van der Waals surface area contributed by atoms with Crippen molar-refractivity contribution in [1.82, 2.24) is 10.2 Å². The Balaban J connectivity index is 1.46. The Morgan fingerprint density at radius 3 is 2.55 bits per heavy atom. The molecule has 1 saturated heterocycles. The average Bonchev–Trinajstić information content (AvgIpc) is 3.24. The first-order valence-electron chi connectivity index (χ1n) is 11.0. The van der Waals surface area contributed by atoms with Crippen molar-refractivity contribution < 1.29 is 28.6 Å². The summed E-state index contributed by atoms with van der Waals surface area (Å²) in [5.41, 5.74) is 1.06. The minimum Gasteiger partial charge on any atom is -0.494 e. The molecule has 8 heteroatoms. The van der Waals surface area contributed by atoms with Crippen LogP contribution in [0.15, 0.2) is 54.6 Å². The van der Waals surface area contributed by atoms with E-state index in [2.05, 4.69) is 5.32 Å². The minimum atomic E-state index is -0.742. The maximum Gasteiger partial charge on any atom is 0.328 e. The van der Waals surface area contributed by atoms with E-state index in [0.717, 1.165) is 11.3 Å². The van der Waals surface area contributed by atoms with Gasteiger partial charge in [0.05, 0.1) is 26.8 Å². The molecular formula is C25H30N2O6. The van der Waals surface area contributed by atoms with Crippen LogP contribution in [0.25, 0.3) is 0 Å². The predicted molar refractivity (Wildman–Crippen MR) is 122 cm³/mol. The second-order valence-corrected chi connectivity index (χ2v) is 7.92. The molecule has 0 aliphatic carbocycles. The number of nitrogens with zero attached hydrogens (tertiary/aromatic N) is 1. The molecule has 2 aromatic carbocycles. The standard InChI is InChI=1S/C25H30N2O6/c1-18-8-6-11-20(14-18)33-21-15-22(25(30)31-2)27(17-21)24(29)16-26-23(28)12-7-13-32-19-9-4-3-5-10-19/h3-6,8-11,14,21-22H,7,12-13,15-17H2,1-2H3,(H,26,28)/t21-,22+/m1/s1. The van der Waals surface area contributed by atoms with E-state index in [9.17, 15) is 14.4 Å².